The first-order valence-electron chi connectivity index (χ1n) is 6.29. The molecule has 17 heavy (non-hydrogen) atoms. The molecule has 0 bridgehead atoms. The second-order valence-electron chi connectivity index (χ2n) is 5.04. The van der Waals surface area contributed by atoms with Crippen molar-refractivity contribution in [2.45, 2.75) is 44.8 Å². The summed E-state index contributed by atoms with van der Waals surface area (Å²) in [6.07, 6.45) is 5.05. The molecule has 0 aromatic heterocycles. The Bertz CT molecular complexity index is 258. The predicted molar refractivity (Wildman–Crippen MR) is 68.3 cm³/mol. The molecule has 1 saturated carbocycles. The van der Waals surface area contributed by atoms with Crippen molar-refractivity contribution in [2.24, 2.45) is 16.8 Å². The van der Waals surface area contributed by atoms with Gasteiger partial charge < -0.3 is 20.6 Å². The summed E-state index contributed by atoms with van der Waals surface area (Å²) < 4.78 is 5.43. The van der Waals surface area contributed by atoms with E-state index in [9.17, 15) is 0 Å². The highest BCUT2D eigenvalue weighted by atomic mass is 16.5. The van der Waals surface area contributed by atoms with Crippen molar-refractivity contribution in [3.63, 3.8) is 0 Å². The van der Waals surface area contributed by atoms with Gasteiger partial charge in [0.2, 0.25) is 0 Å². The van der Waals surface area contributed by atoms with Gasteiger partial charge in [-0.1, -0.05) is 12.1 Å². The van der Waals surface area contributed by atoms with E-state index in [4.69, 9.17) is 15.7 Å². The summed E-state index contributed by atoms with van der Waals surface area (Å²) in [6, 6.07) is 0.544. The first-order valence-corrected chi connectivity index (χ1v) is 6.29. The Hall–Kier alpha value is -0.810. The van der Waals surface area contributed by atoms with Gasteiger partial charge in [0.15, 0.2) is 0 Å². The smallest absolute Gasteiger partial charge is 0.143 e. The summed E-state index contributed by atoms with van der Waals surface area (Å²) in [5.41, 5.74) is 5.60. The Kier molecular flexibility index (Phi) is 5.71. The van der Waals surface area contributed by atoms with E-state index in [1.807, 2.05) is 6.92 Å². The van der Waals surface area contributed by atoms with Gasteiger partial charge in [0, 0.05) is 25.6 Å². The first kappa shape index (κ1) is 14.3. The van der Waals surface area contributed by atoms with Gasteiger partial charge in [0.05, 0.1) is 6.10 Å². The van der Waals surface area contributed by atoms with Crippen LogP contribution in [0.4, 0.5) is 0 Å². The van der Waals surface area contributed by atoms with E-state index in [1.54, 1.807) is 7.11 Å². The van der Waals surface area contributed by atoms with Gasteiger partial charge in [0.1, 0.15) is 5.84 Å². The molecular formula is C12H25N3O2. The molecule has 0 aromatic carbocycles. The summed E-state index contributed by atoms with van der Waals surface area (Å²) in [4.78, 5) is 2.30. The molecular weight excluding hydrogens is 218 g/mol. The summed E-state index contributed by atoms with van der Waals surface area (Å²) in [7, 11) is 3.88. The van der Waals surface area contributed by atoms with E-state index >= 15 is 0 Å². The fourth-order valence-corrected chi connectivity index (χ4v) is 2.51. The molecule has 3 N–H and O–H groups in total. The number of nitrogens with two attached hydrogens (primary N) is 1. The van der Waals surface area contributed by atoms with Gasteiger partial charge in [-0.25, -0.2) is 0 Å². The standard InChI is InChI=1S/C12H25N3O2/c1-9(12(13)14-16)8-15(2)10-5-4-6-11(7-10)17-3/h9-11,16H,4-8H2,1-3H3,(H2,13,14). The van der Waals surface area contributed by atoms with E-state index in [0.717, 1.165) is 19.4 Å². The van der Waals surface area contributed by atoms with Crippen LogP contribution in [-0.2, 0) is 4.74 Å². The van der Waals surface area contributed by atoms with Gasteiger partial charge in [-0.3, -0.25) is 0 Å². The predicted octanol–water partition coefficient (Wildman–Crippen LogP) is 1.26. The van der Waals surface area contributed by atoms with Crippen molar-refractivity contribution in [1.82, 2.24) is 4.90 Å². The molecule has 5 nitrogen and oxygen atoms in total. The van der Waals surface area contributed by atoms with Gasteiger partial charge in [-0.2, -0.15) is 0 Å². The first-order chi connectivity index (χ1) is 8.08. The van der Waals surface area contributed by atoms with E-state index in [0.29, 0.717) is 18.0 Å². The van der Waals surface area contributed by atoms with E-state index in [-0.39, 0.29) is 5.92 Å². The third-order valence-electron chi connectivity index (χ3n) is 3.74. The normalized spacial score (nSPS) is 28.4. The summed E-state index contributed by atoms with van der Waals surface area (Å²) in [5.74, 6) is 0.379. The van der Waals surface area contributed by atoms with Crippen LogP contribution in [0.25, 0.3) is 0 Å². The number of rotatable bonds is 5. The Morgan fingerprint density at radius 2 is 2.29 bits per heavy atom. The second-order valence-corrected chi connectivity index (χ2v) is 5.04. The van der Waals surface area contributed by atoms with E-state index in [2.05, 4.69) is 17.1 Å². The lowest BCUT2D eigenvalue weighted by atomic mass is 9.91. The fourth-order valence-electron chi connectivity index (χ4n) is 2.51. The number of ether oxygens (including phenoxy) is 1. The third-order valence-corrected chi connectivity index (χ3v) is 3.74. The molecule has 1 aliphatic rings. The molecule has 0 saturated heterocycles. The minimum Gasteiger partial charge on any atom is -0.409 e. The molecule has 3 unspecified atom stereocenters. The highest BCUT2D eigenvalue weighted by Crippen LogP contribution is 2.24. The zero-order chi connectivity index (χ0) is 12.8. The maximum atomic E-state index is 8.63. The van der Waals surface area contributed by atoms with E-state index < -0.39 is 0 Å². The molecule has 5 heteroatoms. The van der Waals surface area contributed by atoms with Crippen molar-refractivity contribution in [3.05, 3.63) is 0 Å². The summed E-state index contributed by atoms with van der Waals surface area (Å²) in [5, 5.41) is 11.7. The molecule has 100 valence electrons. The van der Waals surface area contributed by atoms with Gasteiger partial charge in [-0.05, 0) is 32.7 Å². The van der Waals surface area contributed by atoms with Crippen LogP contribution in [0, 0.1) is 5.92 Å². The molecule has 0 radical (unpaired) electrons. The molecule has 0 amide bonds. The molecule has 3 atom stereocenters. The van der Waals surface area contributed by atoms with Crippen molar-refractivity contribution in [2.75, 3.05) is 20.7 Å². The Morgan fingerprint density at radius 3 is 2.88 bits per heavy atom. The zero-order valence-electron chi connectivity index (χ0n) is 11.1. The van der Waals surface area contributed by atoms with Crippen molar-refractivity contribution >= 4 is 5.84 Å². The highest BCUT2D eigenvalue weighted by Gasteiger charge is 2.25. The summed E-state index contributed by atoms with van der Waals surface area (Å²) >= 11 is 0. The number of methoxy groups -OCH3 is 1. The zero-order valence-corrected chi connectivity index (χ0v) is 11.1. The largest absolute Gasteiger partial charge is 0.409 e. The van der Waals surface area contributed by atoms with Crippen LogP contribution in [0.5, 0.6) is 0 Å². The fraction of sp³-hybridized carbons (Fsp3) is 0.917. The van der Waals surface area contributed by atoms with Crippen LogP contribution in [0.3, 0.4) is 0 Å². The maximum Gasteiger partial charge on any atom is 0.143 e. The molecule has 0 spiro atoms. The van der Waals surface area contributed by atoms with Crippen LogP contribution in [0.15, 0.2) is 5.16 Å². The maximum absolute atomic E-state index is 8.63. The molecule has 0 aliphatic heterocycles. The molecule has 0 aromatic rings. The quantitative estimate of drug-likeness (QED) is 0.330. The van der Waals surface area contributed by atoms with Crippen molar-refractivity contribution < 1.29 is 9.94 Å². The number of nitrogens with zero attached hydrogens (tertiary/aromatic N) is 2. The average molecular weight is 243 g/mol. The van der Waals surface area contributed by atoms with Crippen LogP contribution < -0.4 is 5.73 Å². The topological polar surface area (TPSA) is 71.1 Å². The van der Waals surface area contributed by atoms with Crippen LogP contribution in [0.2, 0.25) is 0 Å². The van der Waals surface area contributed by atoms with Crippen LogP contribution in [0.1, 0.15) is 32.6 Å². The number of amidine groups is 1. The minimum absolute atomic E-state index is 0.0768. The molecule has 1 aliphatic carbocycles. The molecule has 1 fully saturated rings. The SMILES string of the molecule is COC1CCCC(N(C)CC(C)C(N)=NO)C1. The lowest BCUT2D eigenvalue weighted by molar-refractivity contribution is 0.0332. The Morgan fingerprint density at radius 1 is 1.59 bits per heavy atom. The lowest BCUT2D eigenvalue weighted by Crippen LogP contribution is -2.42. The minimum atomic E-state index is 0.0768. The highest BCUT2D eigenvalue weighted by molar-refractivity contribution is 5.82. The molecule has 0 heterocycles. The van der Waals surface area contributed by atoms with Gasteiger partial charge >= 0.3 is 0 Å². The van der Waals surface area contributed by atoms with Crippen LogP contribution >= 0.6 is 0 Å². The third kappa shape index (κ3) is 4.16. The van der Waals surface area contributed by atoms with Crippen molar-refractivity contribution in [3.8, 4) is 0 Å². The van der Waals surface area contributed by atoms with Crippen LogP contribution in [-0.4, -0.2) is 48.8 Å². The summed E-state index contributed by atoms with van der Waals surface area (Å²) in [6.45, 7) is 2.79. The Labute approximate surface area is 104 Å². The molecule has 1 rings (SSSR count). The van der Waals surface area contributed by atoms with Crippen molar-refractivity contribution in [1.29, 1.82) is 0 Å². The number of hydrogen-bond acceptors (Lipinski definition) is 4. The monoisotopic (exact) mass is 243 g/mol. The average Bonchev–Trinajstić information content (AvgIpc) is 2.37. The van der Waals surface area contributed by atoms with Gasteiger partial charge in [0.25, 0.3) is 0 Å². The number of hydrogen-bond donors (Lipinski definition) is 2. The number of oxime groups is 1. The lowest BCUT2D eigenvalue weighted by Gasteiger charge is -2.35. The Balaban J connectivity index is 2.43. The second kappa shape index (κ2) is 6.81. The van der Waals surface area contributed by atoms with Gasteiger partial charge in [-0.15, -0.1) is 0 Å². The van der Waals surface area contributed by atoms with E-state index in [1.165, 1.54) is 12.8 Å².